The van der Waals surface area contributed by atoms with Crippen molar-refractivity contribution in [2.75, 3.05) is 0 Å². The van der Waals surface area contributed by atoms with Crippen LogP contribution < -0.4 is 10.5 Å². The van der Waals surface area contributed by atoms with E-state index in [9.17, 15) is 4.39 Å². The number of nitrogens with two attached hydrogens (primary N) is 1. The zero-order chi connectivity index (χ0) is 12.0. The topological polar surface area (TPSA) is 35.2 Å². The monoisotopic (exact) mass is 235 g/mol. The molecule has 2 nitrogen and oxygen atoms in total. The maximum Gasteiger partial charge on any atom is 0.127 e. The van der Waals surface area contributed by atoms with Crippen molar-refractivity contribution in [3.05, 3.63) is 29.6 Å². The van der Waals surface area contributed by atoms with Gasteiger partial charge in [0.15, 0.2) is 0 Å². The van der Waals surface area contributed by atoms with E-state index in [4.69, 9.17) is 10.5 Å². The van der Waals surface area contributed by atoms with E-state index in [1.807, 2.05) is 0 Å². The van der Waals surface area contributed by atoms with Crippen molar-refractivity contribution in [1.29, 1.82) is 0 Å². The Labute approximate surface area is 101 Å². The second-order valence-corrected chi connectivity index (χ2v) is 5.69. The Balaban J connectivity index is 1.89. The Bertz CT molecular complexity index is 444. The standard InChI is InChI=1S/C14H18FNO/c1-14(7-9-2-3-9)8-12(16)11-5-4-10(15)6-13(11)17-14/h4-6,9,12H,2-3,7-8,16H2,1H3/t12-,14?/m0/s1. The molecule has 2 N–H and O–H groups in total. The van der Waals surface area contributed by atoms with Gasteiger partial charge in [0, 0.05) is 24.1 Å². The molecule has 3 rings (SSSR count). The Hall–Kier alpha value is -1.09. The first kappa shape index (κ1) is 11.0. The van der Waals surface area contributed by atoms with E-state index >= 15 is 0 Å². The molecule has 2 aliphatic rings. The minimum atomic E-state index is -0.258. The average Bonchev–Trinajstić information content (AvgIpc) is 2.99. The lowest BCUT2D eigenvalue weighted by Crippen LogP contribution is -2.40. The van der Waals surface area contributed by atoms with E-state index in [1.54, 1.807) is 6.07 Å². The molecule has 1 fully saturated rings. The second kappa shape index (κ2) is 3.70. The number of rotatable bonds is 2. The van der Waals surface area contributed by atoms with Gasteiger partial charge in [-0.25, -0.2) is 4.39 Å². The Morgan fingerprint density at radius 1 is 1.47 bits per heavy atom. The van der Waals surface area contributed by atoms with Crippen molar-refractivity contribution in [3.8, 4) is 5.75 Å². The quantitative estimate of drug-likeness (QED) is 0.854. The molecule has 2 atom stereocenters. The minimum absolute atomic E-state index is 0.0388. The third-order valence-electron chi connectivity index (χ3n) is 3.80. The number of ether oxygens (including phenoxy) is 1. The average molecular weight is 235 g/mol. The summed E-state index contributed by atoms with van der Waals surface area (Å²) in [6.07, 6.45) is 4.45. The molecule has 1 unspecified atom stereocenters. The molecule has 0 aromatic heterocycles. The van der Waals surface area contributed by atoms with E-state index in [0.29, 0.717) is 5.75 Å². The van der Waals surface area contributed by atoms with Crippen LogP contribution in [-0.4, -0.2) is 5.60 Å². The van der Waals surface area contributed by atoms with Crippen LogP contribution in [-0.2, 0) is 0 Å². The smallest absolute Gasteiger partial charge is 0.127 e. The van der Waals surface area contributed by atoms with Crippen LogP contribution in [0.15, 0.2) is 18.2 Å². The summed E-state index contributed by atoms with van der Waals surface area (Å²) >= 11 is 0. The molecule has 0 bridgehead atoms. The van der Waals surface area contributed by atoms with Gasteiger partial charge in [-0.2, -0.15) is 0 Å². The lowest BCUT2D eigenvalue weighted by molar-refractivity contribution is 0.0398. The van der Waals surface area contributed by atoms with Crippen molar-refractivity contribution in [1.82, 2.24) is 0 Å². The summed E-state index contributed by atoms with van der Waals surface area (Å²) < 4.78 is 19.2. The molecule has 1 aliphatic heterocycles. The molecule has 1 aliphatic carbocycles. The molecule has 1 aromatic rings. The molecule has 0 saturated heterocycles. The van der Waals surface area contributed by atoms with Gasteiger partial charge in [0.1, 0.15) is 17.2 Å². The van der Waals surface area contributed by atoms with Crippen molar-refractivity contribution in [2.24, 2.45) is 11.7 Å². The highest BCUT2D eigenvalue weighted by Gasteiger charge is 2.40. The first-order valence-electron chi connectivity index (χ1n) is 6.30. The van der Waals surface area contributed by atoms with Gasteiger partial charge in [0.25, 0.3) is 0 Å². The lowest BCUT2D eigenvalue weighted by Gasteiger charge is -2.39. The predicted octanol–water partition coefficient (Wildman–Crippen LogP) is 3.17. The van der Waals surface area contributed by atoms with Crippen LogP contribution in [0.3, 0.4) is 0 Å². The van der Waals surface area contributed by atoms with Gasteiger partial charge >= 0.3 is 0 Å². The van der Waals surface area contributed by atoms with Crippen molar-refractivity contribution < 1.29 is 9.13 Å². The number of halogens is 1. The maximum atomic E-state index is 13.2. The van der Waals surface area contributed by atoms with Crippen molar-refractivity contribution in [3.63, 3.8) is 0 Å². The molecule has 0 spiro atoms. The van der Waals surface area contributed by atoms with Gasteiger partial charge in [0.05, 0.1) is 0 Å². The van der Waals surface area contributed by atoms with Crippen LogP contribution >= 0.6 is 0 Å². The Morgan fingerprint density at radius 2 is 2.24 bits per heavy atom. The first-order valence-corrected chi connectivity index (χ1v) is 6.30. The van der Waals surface area contributed by atoms with Gasteiger partial charge < -0.3 is 10.5 Å². The molecule has 92 valence electrons. The van der Waals surface area contributed by atoms with E-state index in [0.717, 1.165) is 24.3 Å². The Morgan fingerprint density at radius 3 is 2.94 bits per heavy atom. The van der Waals surface area contributed by atoms with Crippen molar-refractivity contribution >= 4 is 0 Å². The van der Waals surface area contributed by atoms with E-state index in [-0.39, 0.29) is 17.5 Å². The van der Waals surface area contributed by atoms with Gasteiger partial charge in [-0.3, -0.25) is 0 Å². The molecular formula is C14H18FNO. The molecule has 1 aromatic carbocycles. The maximum absolute atomic E-state index is 13.2. The number of hydrogen-bond donors (Lipinski definition) is 1. The molecule has 0 radical (unpaired) electrons. The third-order valence-corrected chi connectivity index (χ3v) is 3.80. The van der Waals surface area contributed by atoms with Crippen LogP contribution in [0.5, 0.6) is 5.75 Å². The number of hydrogen-bond acceptors (Lipinski definition) is 2. The van der Waals surface area contributed by atoms with Crippen LogP contribution in [0.4, 0.5) is 4.39 Å². The summed E-state index contributed by atoms with van der Waals surface area (Å²) in [7, 11) is 0. The normalized spacial score (nSPS) is 31.8. The van der Waals surface area contributed by atoms with Gasteiger partial charge in [0.2, 0.25) is 0 Å². The van der Waals surface area contributed by atoms with Crippen LogP contribution in [0, 0.1) is 11.7 Å². The summed E-state index contributed by atoms with van der Waals surface area (Å²) in [5, 5.41) is 0. The van der Waals surface area contributed by atoms with E-state index < -0.39 is 0 Å². The summed E-state index contributed by atoms with van der Waals surface area (Å²) in [5.74, 6) is 1.15. The molecule has 1 heterocycles. The largest absolute Gasteiger partial charge is 0.487 e. The number of benzene rings is 1. The fourth-order valence-electron chi connectivity index (χ4n) is 2.84. The summed E-state index contributed by atoms with van der Waals surface area (Å²) in [6.45, 7) is 2.10. The van der Waals surface area contributed by atoms with Crippen molar-refractivity contribution in [2.45, 2.75) is 44.2 Å². The molecular weight excluding hydrogens is 217 g/mol. The SMILES string of the molecule is CC1(CC2CC2)C[C@H](N)c2ccc(F)cc2O1. The number of fused-ring (bicyclic) bond motifs is 1. The van der Waals surface area contributed by atoms with E-state index in [1.165, 1.54) is 25.0 Å². The highest BCUT2D eigenvalue weighted by atomic mass is 19.1. The second-order valence-electron chi connectivity index (χ2n) is 5.69. The third kappa shape index (κ3) is 2.16. The zero-order valence-corrected chi connectivity index (χ0v) is 10.1. The fraction of sp³-hybridized carbons (Fsp3) is 0.571. The molecule has 0 amide bonds. The van der Waals surface area contributed by atoms with Crippen LogP contribution in [0.1, 0.15) is 44.2 Å². The highest BCUT2D eigenvalue weighted by Crippen LogP contribution is 2.45. The van der Waals surface area contributed by atoms with Gasteiger partial charge in [-0.05, 0) is 25.3 Å². The fourth-order valence-corrected chi connectivity index (χ4v) is 2.84. The van der Waals surface area contributed by atoms with Crippen LogP contribution in [0.2, 0.25) is 0 Å². The minimum Gasteiger partial charge on any atom is -0.487 e. The molecule has 3 heteroatoms. The summed E-state index contributed by atoms with van der Waals surface area (Å²) in [6, 6.07) is 4.61. The van der Waals surface area contributed by atoms with Crippen LogP contribution in [0.25, 0.3) is 0 Å². The summed E-state index contributed by atoms with van der Waals surface area (Å²) in [5.41, 5.74) is 6.88. The highest BCUT2D eigenvalue weighted by molar-refractivity contribution is 5.39. The first-order chi connectivity index (χ1) is 8.06. The van der Waals surface area contributed by atoms with E-state index in [2.05, 4.69) is 6.92 Å². The molecule has 17 heavy (non-hydrogen) atoms. The van der Waals surface area contributed by atoms with Gasteiger partial charge in [-0.1, -0.05) is 18.9 Å². The Kier molecular flexibility index (Phi) is 2.40. The summed E-state index contributed by atoms with van der Waals surface area (Å²) in [4.78, 5) is 0. The lowest BCUT2D eigenvalue weighted by atomic mass is 9.85. The van der Waals surface area contributed by atoms with Gasteiger partial charge in [-0.15, -0.1) is 0 Å². The zero-order valence-electron chi connectivity index (χ0n) is 10.1. The predicted molar refractivity (Wildman–Crippen MR) is 64.3 cm³/mol. The molecule has 1 saturated carbocycles.